The summed E-state index contributed by atoms with van der Waals surface area (Å²) < 4.78 is 47.6. The lowest BCUT2D eigenvalue weighted by Crippen LogP contribution is -2.41. The second-order valence-corrected chi connectivity index (χ2v) is 7.45. The smallest absolute Gasteiger partial charge is 0.326 e. The zero-order chi connectivity index (χ0) is 21.0. The van der Waals surface area contributed by atoms with Gasteiger partial charge in [0.2, 0.25) is 0 Å². The number of esters is 1. The Kier molecular flexibility index (Phi) is 6.25. The second kappa shape index (κ2) is 8.68. The maximum absolute atomic E-state index is 14.1. The molecule has 154 valence electrons. The van der Waals surface area contributed by atoms with Gasteiger partial charge in [-0.05, 0) is 62.9 Å². The highest BCUT2D eigenvalue weighted by atomic mass is 19.1. The molecule has 0 spiro atoms. The molecule has 0 aromatic heterocycles. The summed E-state index contributed by atoms with van der Waals surface area (Å²) in [5.74, 6) is -4.59. The molecule has 0 atom stereocenters. The van der Waals surface area contributed by atoms with Crippen molar-refractivity contribution in [1.29, 1.82) is 0 Å². The van der Waals surface area contributed by atoms with Gasteiger partial charge in [-0.15, -0.1) is 0 Å². The van der Waals surface area contributed by atoms with Crippen LogP contribution >= 0.6 is 0 Å². The minimum Gasteiger partial charge on any atom is -0.458 e. The maximum Gasteiger partial charge on any atom is 0.326 e. The number of nitrogens with zero attached hydrogens (tertiary/aromatic N) is 1. The number of ether oxygens (including phenoxy) is 1. The van der Waals surface area contributed by atoms with Crippen molar-refractivity contribution in [3.05, 3.63) is 65.5 Å². The fourth-order valence-corrected chi connectivity index (χ4v) is 3.60. The van der Waals surface area contributed by atoms with Crippen LogP contribution in [0.5, 0.6) is 0 Å². The van der Waals surface area contributed by atoms with E-state index in [0.29, 0.717) is 12.8 Å². The molecule has 0 N–H and O–H groups in total. The van der Waals surface area contributed by atoms with Crippen molar-refractivity contribution in [3.63, 3.8) is 0 Å². The summed E-state index contributed by atoms with van der Waals surface area (Å²) in [6.45, 7) is 1.24. The van der Waals surface area contributed by atoms with E-state index in [9.17, 15) is 22.8 Å². The predicted molar refractivity (Wildman–Crippen MR) is 102 cm³/mol. The lowest BCUT2D eigenvalue weighted by Gasteiger charge is -2.34. The maximum atomic E-state index is 14.1. The SMILES string of the molecule is CC1(OC(=O)CN(C(=O)c2c(F)cccc2F)c2cccc(F)c2)CCCCC1. The summed E-state index contributed by atoms with van der Waals surface area (Å²) in [7, 11) is 0. The fourth-order valence-electron chi connectivity index (χ4n) is 3.60. The summed E-state index contributed by atoms with van der Waals surface area (Å²) in [5, 5.41) is 0. The molecule has 29 heavy (non-hydrogen) atoms. The molecule has 0 heterocycles. The van der Waals surface area contributed by atoms with E-state index in [1.54, 1.807) is 0 Å². The van der Waals surface area contributed by atoms with E-state index in [1.165, 1.54) is 12.1 Å². The molecule has 1 aliphatic carbocycles. The standard InChI is InChI=1S/C22H22F3NO3/c1-22(11-3-2-4-12-22)29-19(27)14-26(16-8-5-7-15(23)13-16)21(28)20-17(24)9-6-10-18(20)25/h5-10,13H,2-4,11-12,14H2,1H3. The summed E-state index contributed by atoms with van der Waals surface area (Å²) in [4.78, 5) is 26.3. The highest BCUT2D eigenvalue weighted by Gasteiger charge is 2.33. The number of halogens is 3. The van der Waals surface area contributed by atoms with Gasteiger partial charge < -0.3 is 4.74 Å². The Morgan fingerprint density at radius 2 is 1.62 bits per heavy atom. The Morgan fingerprint density at radius 1 is 1.00 bits per heavy atom. The van der Waals surface area contributed by atoms with Crippen molar-refractivity contribution in [2.75, 3.05) is 11.4 Å². The van der Waals surface area contributed by atoms with Gasteiger partial charge in [0.15, 0.2) is 0 Å². The van der Waals surface area contributed by atoms with Gasteiger partial charge in [0.05, 0.1) is 0 Å². The van der Waals surface area contributed by atoms with Crippen LogP contribution in [0, 0.1) is 17.5 Å². The van der Waals surface area contributed by atoms with Crippen LogP contribution in [0.3, 0.4) is 0 Å². The van der Waals surface area contributed by atoms with Gasteiger partial charge in [-0.3, -0.25) is 14.5 Å². The monoisotopic (exact) mass is 405 g/mol. The first-order valence-electron chi connectivity index (χ1n) is 9.52. The molecule has 2 aromatic rings. The van der Waals surface area contributed by atoms with Crippen LogP contribution in [0.4, 0.5) is 18.9 Å². The Bertz CT molecular complexity index is 890. The van der Waals surface area contributed by atoms with Crippen LogP contribution in [0.15, 0.2) is 42.5 Å². The van der Waals surface area contributed by atoms with Crippen LogP contribution in [-0.4, -0.2) is 24.0 Å². The molecule has 0 saturated heterocycles. The highest BCUT2D eigenvalue weighted by molar-refractivity contribution is 6.08. The van der Waals surface area contributed by atoms with Crippen LogP contribution in [0.1, 0.15) is 49.4 Å². The zero-order valence-electron chi connectivity index (χ0n) is 16.1. The van der Waals surface area contributed by atoms with E-state index in [4.69, 9.17) is 4.74 Å². The summed E-state index contributed by atoms with van der Waals surface area (Å²) >= 11 is 0. The lowest BCUT2D eigenvalue weighted by molar-refractivity contribution is -0.159. The third kappa shape index (κ3) is 4.96. The fraction of sp³-hybridized carbons (Fsp3) is 0.364. The summed E-state index contributed by atoms with van der Waals surface area (Å²) in [6.07, 6.45) is 4.32. The highest BCUT2D eigenvalue weighted by Crippen LogP contribution is 2.31. The lowest BCUT2D eigenvalue weighted by atomic mass is 9.86. The number of amides is 1. The number of carbonyl (C=O) groups is 2. The van der Waals surface area contributed by atoms with Crippen LogP contribution in [0.25, 0.3) is 0 Å². The van der Waals surface area contributed by atoms with E-state index in [0.717, 1.165) is 54.5 Å². The normalized spacial score (nSPS) is 15.6. The van der Waals surface area contributed by atoms with Gasteiger partial charge in [-0.1, -0.05) is 18.6 Å². The molecule has 1 amide bonds. The predicted octanol–water partition coefficient (Wildman–Crippen LogP) is 5.02. The number of hydrogen-bond acceptors (Lipinski definition) is 3. The average molecular weight is 405 g/mol. The van der Waals surface area contributed by atoms with Crippen molar-refractivity contribution in [2.24, 2.45) is 0 Å². The first-order chi connectivity index (χ1) is 13.8. The van der Waals surface area contributed by atoms with Crippen LogP contribution < -0.4 is 4.90 Å². The van der Waals surface area contributed by atoms with Crippen molar-refractivity contribution in [3.8, 4) is 0 Å². The summed E-state index contributed by atoms with van der Waals surface area (Å²) in [5.41, 5.74) is -1.45. The average Bonchev–Trinajstić information content (AvgIpc) is 2.66. The van der Waals surface area contributed by atoms with Gasteiger partial charge in [0.1, 0.15) is 35.2 Å². The second-order valence-electron chi connectivity index (χ2n) is 7.45. The topological polar surface area (TPSA) is 46.6 Å². The minimum absolute atomic E-state index is 0.00315. The first-order valence-corrected chi connectivity index (χ1v) is 9.52. The molecular formula is C22H22F3NO3. The Balaban J connectivity index is 1.89. The molecule has 1 fully saturated rings. The molecule has 0 aliphatic heterocycles. The Labute approximate surface area is 167 Å². The van der Waals surface area contributed by atoms with Crippen molar-refractivity contribution < 1.29 is 27.5 Å². The number of hydrogen-bond donors (Lipinski definition) is 0. The van der Waals surface area contributed by atoms with E-state index in [2.05, 4.69) is 0 Å². The van der Waals surface area contributed by atoms with Crippen LogP contribution in [-0.2, 0) is 9.53 Å². The van der Waals surface area contributed by atoms with Crippen molar-refractivity contribution in [1.82, 2.24) is 0 Å². The van der Waals surface area contributed by atoms with E-state index >= 15 is 0 Å². The van der Waals surface area contributed by atoms with Gasteiger partial charge in [0.25, 0.3) is 5.91 Å². The molecule has 4 nitrogen and oxygen atoms in total. The van der Waals surface area contributed by atoms with Crippen molar-refractivity contribution in [2.45, 2.75) is 44.6 Å². The molecular weight excluding hydrogens is 383 g/mol. The number of carbonyl (C=O) groups excluding carboxylic acids is 2. The van der Waals surface area contributed by atoms with Crippen molar-refractivity contribution >= 4 is 17.6 Å². The Hall–Kier alpha value is -2.83. The quantitative estimate of drug-likeness (QED) is 0.657. The zero-order valence-corrected chi connectivity index (χ0v) is 16.1. The Morgan fingerprint density at radius 3 is 2.24 bits per heavy atom. The minimum atomic E-state index is -1.09. The van der Waals surface area contributed by atoms with E-state index in [1.807, 2.05) is 6.92 Å². The number of anilines is 1. The number of benzene rings is 2. The largest absolute Gasteiger partial charge is 0.458 e. The molecule has 2 aromatic carbocycles. The summed E-state index contributed by atoms with van der Waals surface area (Å²) in [6, 6.07) is 7.93. The molecule has 0 bridgehead atoms. The van der Waals surface area contributed by atoms with E-state index in [-0.39, 0.29) is 5.69 Å². The van der Waals surface area contributed by atoms with Gasteiger partial charge in [-0.2, -0.15) is 0 Å². The molecule has 3 rings (SSSR count). The van der Waals surface area contributed by atoms with E-state index < -0.39 is 47.0 Å². The first kappa shape index (κ1) is 20.9. The third-order valence-electron chi connectivity index (χ3n) is 5.10. The molecule has 1 aliphatic rings. The molecule has 1 saturated carbocycles. The van der Waals surface area contributed by atoms with Crippen LogP contribution in [0.2, 0.25) is 0 Å². The number of rotatable bonds is 5. The van der Waals surface area contributed by atoms with Gasteiger partial charge in [-0.25, -0.2) is 13.2 Å². The third-order valence-corrected chi connectivity index (χ3v) is 5.10. The molecule has 7 heteroatoms. The van der Waals surface area contributed by atoms with Gasteiger partial charge >= 0.3 is 5.97 Å². The molecule has 0 radical (unpaired) electrons. The van der Waals surface area contributed by atoms with Gasteiger partial charge in [0, 0.05) is 5.69 Å². The molecule has 0 unspecified atom stereocenters.